The Kier molecular flexibility index (Phi) is 6.26. The molecule has 0 bridgehead atoms. The summed E-state index contributed by atoms with van der Waals surface area (Å²) in [5.41, 5.74) is -0.423. The first-order valence-electron chi connectivity index (χ1n) is 8.64. The first-order valence-corrected chi connectivity index (χ1v) is 11.0. The van der Waals surface area contributed by atoms with Crippen molar-refractivity contribution in [3.05, 3.63) is 15.3 Å². The molecule has 152 valence electrons. The lowest BCUT2D eigenvalue weighted by molar-refractivity contribution is -0.154. The maximum atomic E-state index is 14.9. The Labute approximate surface area is 180 Å². The molecule has 1 aliphatic heterocycles. The summed E-state index contributed by atoms with van der Waals surface area (Å²) in [5.74, 6) is -0.0420. The summed E-state index contributed by atoms with van der Waals surface area (Å²) in [7, 11) is 0. The van der Waals surface area contributed by atoms with Gasteiger partial charge in [-0.1, -0.05) is 23.4 Å². The summed E-state index contributed by atoms with van der Waals surface area (Å²) < 4.78 is 26.2. The number of hydrogen-bond donors (Lipinski definition) is 0. The minimum atomic E-state index is -0.569. The van der Waals surface area contributed by atoms with E-state index in [1.165, 1.54) is 11.8 Å². The fraction of sp³-hybridized carbons (Fsp3) is 0.500. The van der Waals surface area contributed by atoms with Gasteiger partial charge in [0.1, 0.15) is 28.6 Å². The number of anilines is 1. The topological polar surface area (TPSA) is 64.6 Å². The van der Waals surface area contributed by atoms with Gasteiger partial charge >= 0.3 is 5.97 Å². The normalized spacial score (nSPS) is 14.0. The smallest absolute Gasteiger partial charge is 0.308 e. The number of nitrogens with zero attached hydrogens (tertiary/aromatic N) is 3. The molecule has 0 N–H and O–H groups in total. The van der Waals surface area contributed by atoms with Crippen LogP contribution >= 0.6 is 39.3 Å². The molecule has 1 aromatic heterocycles. The van der Waals surface area contributed by atoms with Gasteiger partial charge in [0.05, 0.1) is 22.8 Å². The first-order chi connectivity index (χ1) is 13.1. The lowest BCUT2D eigenvalue weighted by Gasteiger charge is -2.24. The van der Waals surface area contributed by atoms with Crippen LogP contribution in [0.1, 0.15) is 27.2 Å². The molecular formula is C18H20BrClFN3O3S. The summed E-state index contributed by atoms with van der Waals surface area (Å²) in [6.45, 7) is 6.60. The molecule has 3 rings (SSSR count). The second-order valence-electron chi connectivity index (χ2n) is 7.20. The van der Waals surface area contributed by atoms with Crippen molar-refractivity contribution in [1.82, 2.24) is 9.97 Å². The SMILES string of the molecule is CSc1nc2c3c(c(Cl)c(Br)c(F)c3n1)OCCN2CCC(=O)OC(C)(C)C. The zero-order chi connectivity index (χ0) is 20.6. The minimum absolute atomic E-state index is 0.107. The highest BCUT2D eigenvalue weighted by Gasteiger charge is 2.28. The molecule has 0 saturated carbocycles. The number of benzene rings is 1. The molecular weight excluding hydrogens is 473 g/mol. The highest BCUT2D eigenvalue weighted by Crippen LogP contribution is 2.45. The Morgan fingerprint density at radius 3 is 2.79 bits per heavy atom. The summed E-state index contributed by atoms with van der Waals surface area (Å²) >= 11 is 10.8. The van der Waals surface area contributed by atoms with Gasteiger partial charge in [0.25, 0.3) is 0 Å². The Morgan fingerprint density at radius 2 is 2.14 bits per heavy atom. The molecule has 0 amide bonds. The van der Waals surface area contributed by atoms with Crippen molar-refractivity contribution in [1.29, 1.82) is 0 Å². The largest absolute Gasteiger partial charge is 0.489 e. The third kappa shape index (κ3) is 4.31. The zero-order valence-electron chi connectivity index (χ0n) is 15.9. The van der Waals surface area contributed by atoms with Crippen LogP contribution in [0.25, 0.3) is 10.9 Å². The van der Waals surface area contributed by atoms with E-state index in [0.29, 0.717) is 41.8 Å². The molecule has 0 spiro atoms. The lowest BCUT2D eigenvalue weighted by atomic mass is 10.2. The monoisotopic (exact) mass is 491 g/mol. The fourth-order valence-electron chi connectivity index (χ4n) is 2.86. The van der Waals surface area contributed by atoms with E-state index in [2.05, 4.69) is 25.9 Å². The van der Waals surface area contributed by atoms with Crippen molar-refractivity contribution in [3.8, 4) is 5.75 Å². The van der Waals surface area contributed by atoms with Crippen LogP contribution in [0.15, 0.2) is 9.63 Å². The summed E-state index contributed by atoms with van der Waals surface area (Å²) in [4.78, 5) is 22.9. The molecule has 0 unspecified atom stereocenters. The van der Waals surface area contributed by atoms with E-state index in [4.69, 9.17) is 21.1 Å². The molecule has 0 fully saturated rings. The van der Waals surface area contributed by atoms with Crippen LogP contribution in [0.3, 0.4) is 0 Å². The van der Waals surface area contributed by atoms with E-state index in [1.807, 2.05) is 31.9 Å². The molecule has 0 radical (unpaired) electrons. The molecule has 10 heteroatoms. The molecule has 2 heterocycles. The predicted molar refractivity (Wildman–Crippen MR) is 112 cm³/mol. The number of thioether (sulfide) groups is 1. The summed E-state index contributed by atoms with van der Waals surface area (Å²) in [5, 5.41) is 0.969. The number of hydrogen-bond acceptors (Lipinski definition) is 7. The first kappa shape index (κ1) is 21.4. The van der Waals surface area contributed by atoms with E-state index in [9.17, 15) is 9.18 Å². The Balaban J connectivity index is 2.05. The van der Waals surface area contributed by atoms with Crippen LogP contribution in [0, 0.1) is 5.82 Å². The Morgan fingerprint density at radius 1 is 1.43 bits per heavy atom. The van der Waals surface area contributed by atoms with Crippen LogP contribution in [0.4, 0.5) is 10.2 Å². The average molecular weight is 493 g/mol. The maximum absolute atomic E-state index is 14.9. The third-order valence-electron chi connectivity index (χ3n) is 3.98. The number of rotatable bonds is 4. The van der Waals surface area contributed by atoms with Crippen molar-refractivity contribution in [3.63, 3.8) is 0 Å². The minimum Gasteiger partial charge on any atom is -0.489 e. The zero-order valence-corrected chi connectivity index (χ0v) is 19.1. The number of esters is 1. The number of aromatic nitrogens is 2. The average Bonchev–Trinajstić information content (AvgIpc) is 2.81. The number of halogens is 3. The van der Waals surface area contributed by atoms with Gasteiger partial charge in [0.2, 0.25) is 0 Å². The quantitative estimate of drug-likeness (QED) is 0.262. The number of carbonyl (C=O) groups is 1. The predicted octanol–water partition coefficient (Wildman–Crippen LogP) is 4.84. The van der Waals surface area contributed by atoms with E-state index < -0.39 is 11.4 Å². The van der Waals surface area contributed by atoms with Gasteiger partial charge in [0, 0.05) is 6.54 Å². The highest BCUT2D eigenvalue weighted by atomic mass is 79.9. The summed E-state index contributed by atoms with van der Waals surface area (Å²) in [6.07, 6.45) is 1.98. The van der Waals surface area contributed by atoms with Gasteiger partial charge in [0.15, 0.2) is 16.7 Å². The van der Waals surface area contributed by atoms with Gasteiger partial charge in [-0.3, -0.25) is 4.79 Å². The number of ether oxygens (including phenoxy) is 2. The van der Waals surface area contributed by atoms with E-state index in [1.54, 1.807) is 0 Å². The second-order valence-corrected chi connectivity index (χ2v) is 9.14. The lowest BCUT2D eigenvalue weighted by Crippen LogP contribution is -2.32. The van der Waals surface area contributed by atoms with Crippen LogP contribution in [0.2, 0.25) is 5.02 Å². The summed E-state index contributed by atoms with van der Waals surface area (Å²) in [6, 6.07) is 0. The molecule has 0 saturated heterocycles. The number of carbonyl (C=O) groups excluding carboxylic acids is 1. The maximum Gasteiger partial charge on any atom is 0.308 e. The molecule has 1 aromatic carbocycles. The van der Waals surface area contributed by atoms with Crippen LogP contribution < -0.4 is 9.64 Å². The van der Waals surface area contributed by atoms with Crippen molar-refractivity contribution >= 4 is 62.0 Å². The van der Waals surface area contributed by atoms with Gasteiger partial charge in [-0.05, 0) is 43.0 Å². The van der Waals surface area contributed by atoms with E-state index in [-0.39, 0.29) is 27.4 Å². The standard InChI is InChI=1S/C18H20BrClFN3O3S/c1-18(2,3)27-9(25)5-6-24-7-8-26-15-10-14(13(21)11(19)12(15)20)22-17(28-4)23-16(10)24/h5-8H2,1-4H3. The van der Waals surface area contributed by atoms with Crippen molar-refractivity contribution in [2.75, 3.05) is 30.9 Å². The van der Waals surface area contributed by atoms with Crippen LogP contribution in [0.5, 0.6) is 5.75 Å². The molecule has 2 aromatic rings. The van der Waals surface area contributed by atoms with Gasteiger partial charge in [-0.15, -0.1) is 0 Å². The van der Waals surface area contributed by atoms with Gasteiger partial charge < -0.3 is 14.4 Å². The van der Waals surface area contributed by atoms with Crippen molar-refractivity contribution < 1.29 is 18.7 Å². The van der Waals surface area contributed by atoms with Gasteiger partial charge in [-0.2, -0.15) is 0 Å². The second kappa shape index (κ2) is 8.20. The van der Waals surface area contributed by atoms with E-state index >= 15 is 0 Å². The van der Waals surface area contributed by atoms with Crippen LogP contribution in [-0.2, 0) is 9.53 Å². The Hall–Kier alpha value is -1.32. The van der Waals surface area contributed by atoms with E-state index in [0.717, 1.165) is 0 Å². The molecule has 0 atom stereocenters. The van der Waals surface area contributed by atoms with Gasteiger partial charge in [-0.25, -0.2) is 14.4 Å². The Bertz CT molecular complexity index is 939. The molecule has 28 heavy (non-hydrogen) atoms. The van der Waals surface area contributed by atoms with Crippen molar-refractivity contribution in [2.24, 2.45) is 0 Å². The highest BCUT2D eigenvalue weighted by molar-refractivity contribution is 9.10. The van der Waals surface area contributed by atoms with Crippen LogP contribution in [-0.4, -0.2) is 47.5 Å². The third-order valence-corrected chi connectivity index (χ3v) is 5.87. The molecule has 1 aliphatic rings. The van der Waals surface area contributed by atoms with Crippen molar-refractivity contribution in [2.45, 2.75) is 37.9 Å². The fourth-order valence-corrected chi connectivity index (χ4v) is 3.82. The molecule has 6 nitrogen and oxygen atoms in total. The molecule has 0 aliphatic carbocycles.